The maximum Gasteiger partial charge on any atom is 0.239 e. The van der Waals surface area contributed by atoms with Crippen LogP contribution in [0.1, 0.15) is 16.0 Å². The summed E-state index contributed by atoms with van der Waals surface area (Å²) >= 11 is 6.86. The van der Waals surface area contributed by atoms with Gasteiger partial charge in [-0.1, -0.05) is 24.4 Å². The lowest BCUT2D eigenvalue weighted by atomic mass is 10.2. The van der Waals surface area contributed by atoms with Gasteiger partial charge in [-0.2, -0.15) is 4.57 Å². The number of hydrogen-bond donors (Lipinski definition) is 1. The predicted molar refractivity (Wildman–Crippen MR) is 106 cm³/mol. The average molecular weight is 385 g/mol. The molecule has 2 heterocycles. The molecule has 3 nitrogen and oxygen atoms in total. The summed E-state index contributed by atoms with van der Waals surface area (Å²) in [6, 6.07) is 12.1. The van der Waals surface area contributed by atoms with Crippen LogP contribution in [0.5, 0.6) is 0 Å². The number of rotatable bonds is 4. The van der Waals surface area contributed by atoms with Crippen LogP contribution in [-0.4, -0.2) is 4.99 Å². The second-order valence-electron chi connectivity index (χ2n) is 5.86. The van der Waals surface area contributed by atoms with Crippen molar-refractivity contribution in [1.82, 2.24) is 0 Å². The van der Waals surface area contributed by atoms with E-state index in [4.69, 9.17) is 12.2 Å². The summed E-state index contributed by atoms with van der Waals surface area (Å²) < 4.78 is 15.5. The van der Waals surface area contributed by atoms with Crippen molar-refractivity contribution in [3.63, 3.8) is 0 Å². The van der Waals surface area contributed by atoms with E-state index < -0.39 is 0 Å². The van der Waals surface area contributed by atoms with Gasteiger partial charge in [0, 0.05) is 22.2 Å². The second-order valence-corrected chi connectivity index (χ2v) is 7.22. The highest BCUT2D eigenvalue weighted by Crippen LogP contribution is 2.21. The number of benzene rings is 1. The van der Waals surface area contributed by atoms with Crippen LogP contribution < -0.4 is 15.0 Å². The number of aromatic nitrogens is 1. The lowest BCUT2D eigenvalue weighted by molar-refractivity contribution is -0.578. The molecule has 26 heavy (non-hydrogen) atoms. The molecule has 0 saturated heterocycles. The lowest BCUT2D eigenvalue weighted by Crippen LogP contribution is -2.40. The predicted octanol–water partition coefficient (Wildman–Crippen LogP) is 3.92. The molecule has 3 aromatic rings. The van der Waals surface area contributed by atoms with Crippen LogP contribution in [0, 0.1) is 19.7 Å². The lowest BCUT2D eigenvalue weighted by Gasteiger charge is -2.16. The third kappa shape index (κ3) is 3.98. The molecule has 0 amide bonds. The molecule has 0 aliphatic heterocycles. The first-order chi connectivity index (χ1) is 12.5. The van der Waals surface area contributed by atoms with Gasteiger partial charge < -0.3 is 10.4 Å². The Hall–Kier alpha value is -2.57. The molecule has 1 aromatic carbocycles. The van der Waals surface area contributed by atoms with Crippen LogP contribution in [0.4, 0.5) is 10.1 Å². The summed E-state index contributed by atoms with van der Waals surface area (Å²) in [5, 5.41) is 17.9. The van der Waals surface area contributed by atoms with Crippen molar-refractivity contribution in [2.75, 3.05) is 5.32 Å². The van der Waals surface area contributed by atoms with Crippen LogP contribution in [0.15, 0.2) is 60.2 Å². The van der Waals surface area contributed by atoms with Crippen molar-refractivity contribution in [2.24, 2.45) is 0 Å². The zero-order valence-electron chi connectivity index (χ0n) is 14.3. The number of halogens is 1. The van der Waals surface area contributed by atoms with E-state index in [1.807, 2.05) is 36.7 Å². The Kier molecular flexibility index (Phi) is 5.44. The van der Waals surface area contributed by atoms with Crippen LogP contribution in [-0.2, 0) is 0 Å². The molecule has 0 radical (unpaired) electrons. The molecule has 0 fully saturated rings. The van der Waals surface area contributed by atoms with Crippen LogP contribution in [0.3, 0.4) is 0 Å². The van der Waals surface area contributed by atoms with Gasteiger partial charge >= 0.3 is 0 Å². The molecular weight excluding hydrogens is 367 g/mol. The summed E-state index contributed by atoms with van der Waals surface area (Å²) in [5.41, 5.74) is 2.37. The molecule has 3 rings (SSSR count). The minimum absolute atomic E-state index is 0.180. The smallest absolute Gasteiger partial charge is 0.239 e. The van der Waals surface area contributed by atoms with Gasteiger partial charge in [0.25, 0.3) is 0 Å². The molecular formula is C20H17FN2OS2. The first-order valence-corrected chi connectivity index (χ1v) is 9.25. The Balaban J connectivity index is 2.04. The van der Waals surface area contributed by atoms with E-state index in [-0.39, 0.29) is 16.6 Å². The number of thiocarbonyl (C=S) groups is 1. The van der Waals surface area contributed by atoms with Gasteiger partial charge in [-0.05, 0) is 54.8 Å². The number of thiophene rings is 1. The topological polar surface area (TPSA) is 39.0 Å². The largest absolute Gasteiger partial charge is 0.867 e. The summed E-state index contributed by atoms with van der Waals surface area (Å²) in [5.74, 6) is -0.507. The summed E-state index contributed by atoms with van der Waals surface area (Å²) in [6.07, 6.45) is 3.61. The van der Waals surface area contributed by atoms with Crippen LogP contribution in [0.2, 0.25) is 0 Å². The van der Waals surface area contributed by atoms with Gasteiger partial charge in [0.15, 0.2) is 17.4 Å². The SMILES string of the molecule is Cc1ccc[n+](C(C(=S)Nc2ccc(C)c(F)c2)=C([O-])c2cccs2)c1. The third-order valence-corrected chi connectivity index (χ3v) is 4.98. The monoisotopic (exact) mass is 384 g/mol. The third-order valence-electron chi connectivity index (χ3n) is 3.81. The average Bonchev–Trinajstić information content (AvgIpc) is 3.13. The fraction of sp³-hybridized carbons (Fsp3) is 0.100. The van der Waals surface area contributed by atoms with E-state index >= 15 is 0 Å². The molecule has 6 heteroatoms. The molecule has 1 N–H and O–H groups in total. The molecule has 0 aliphatic carbocycles. The molecule has 0 unspecified atom stereocenters. The Labute approximate surface area is 161 Å². The van der Waals surface area contributed by atoms with Crippen molar-refractivity contribution < 1.29 is 14.1 Å². The van der Waals surface area contributed by atoms with E-state index in [1.165, 1.54) is 17.4 Å². The Morgan fingerprint density at radius 2 is 2.00 bits per heavy atom. The van der Waals surface area contributed by atoms with Gasteiger partial charge in [0.2, 0.25) is 5.70 Å². The number of nitrogens with zero attached hydrogens (tertiary/aromatic N) is 1. The highest BCUT2D eigenvalue weighted by Gasteiger charge is 2.19. The maximum absolute atomic E-state index is 13.8. The number of nitrogens with one attached hydrogen (secondary N) is 1. The van der Waals surface area contributed by atoms with Crippen LogP contribution in [0.25, 0.3) is 11.5 Å². The van der Waals surface area contributed by atoms with E-state index in [1.54, 1.807) is 35.9 Å². The fourth-order valence-corrected chi connectivity index (χ4v) is 3.44. The highest BCUT2D eigenvalue weighted by atomic mass is 32.1. The summed E-state index contributed by atoms with van der Waals surface area (Å²) in [4.78, 5) is 0.829. The molecule has 2 aromatic heterocycles. The van der Waals surface area contributed by atoms with Gasteiger partial charge in [-0.15, -0.1) is 11.3 Å². The Bertz CT molecular complexity index is 981. The van der Waals surface area contributed by atoms with Crippen molar-refractivity contribution in [3.05, 3.63) is 82.1 Å². The Morgan fingerprint density at radius 1 is 1.19 bits per heavy atom. The summed E-state index contributed by atoms with van der Waals surface area (Å²) in [6.45, 7) is 3.63. The van der Waals surface area contributed by atoms with Gasteiger partial charge in [-0.25, -0.2) is 4.39 Å². The van der Waals surface area contributed by atoms with E-state index in [9.17, 15) is 9.50 Å². The highest BCUT2D eigenvalue weighted by molar-refractivity contribution is 7.81. The van der Waals surface area contributed by atoms with Crippen molar-refractivity contribution in [1.29, 1.82) is 0 Å². The summed E-state index contributed by atoms with van der Waals surface area (Å²) in [7, 11) is 0. The van der Waals surface area contributed by atoms with Crippen molar-refractivity contribution in [2.45, 2.75) is 13.8 Å². The van der Waals surface area contributed by atoms with Gasteiger partial charge in [0.1, 0.15) is 5.82 Å². The standard InChI is InChI=1S/C20H17FN2OS2/c1-13-5-3-9-23(12-13)18(19(24)17-6-4-10-26-17)20(25)22-15-8-7-14(2)16(21)11-15/h3-12H,1-2H3,(H-,22,24,25). The zero-order chi connectivity index (χ0) is 18.7. The van der Waals surface area contributed by atoms with E-state index in [0.717, 1.165) is 5.56 Å². The van der Waals surface area contributed by atoms with E-state index in [2.05, 4.69) is 5.32 Å². The normalized spacial score (nSPS) is 11.8. The number of aryl methyl sites for hydroxylation is 2. The number of anilines is 1. The first kappa shape index (κ1) is 18.2. The molecule has 0 atom stereocenters. The van der Waals surface area contributed by atoms with Crippen molar-refractivity contribution in [3.8, 4) is 0 Å². The van der Waals surface area contributed by atoms with E-state index in [0.29, 0.717) is 21.8 Å². The van der Waals surface area contributed by atoms with Crippen LogP contribution >= 0.6 is 23.6 Å². The molecule has 132 valence electrons. The number of pyridine rings is 1. The van der Waals surface area contributed by atoms with Gasteiger partial charge in [-0.3, -0.25) is 0 Å². The first-order valence-electron chi connectivity index (χ1n) is 7.96. The second kappa shape index (κ2) is 7.76. The quantitative estimate of drug-likeness (QED) is 0.321. The number of hydrogen-bond acceptors (Lipinski definition) is 3. The molecule has 0 spiro atoms. The molecule has 0 aliphatic rings. The minimum atomic E-state index is -0.327. The van der Waals surface area contributed by atoms with Crippen molar-refractivity contribution >= 4 is 45.7 Å². The maximum atomic E-state index is 13.8. The van der Waals surface area contributed by atoms with Gasteiger partial charge in [0.05, 0.1) is 0 Å². The molecule has 0 saturated carbocycles. The Morgan fingerprint density at radius 3 is 2.65 bits per heavy atom. The molecule has 0 bridgehead atoms. The minimum Gasteiger partial charge on any atom is -0.867 e. The zero-order valence-corrected chi connectivity index (χ0v) is 16.0. The fourth-order valence-electron chi connectivity index (χ4n) is 2.46.